The number of rotatable bonds is 7. The van der Waals surface area contributed by atoms with Crippen molar-refractivity contribution in [2.45, 2.75) is 63.1 Å². The summed E-state index contributed by atoms with van der Waals surface area (Å²) in [6.45, 7) is 4.97. The molecule has 8 nitrogen and oxygen atoms in total. The van der Waals surface area contributed by atoms with Crippen molar-refractivity contribution in [1.29, 1.82) is 5.26 Å². The Morgan fingerprint density at radius 1 is 1.16 bits per heavy atom. The molecule has 1 aromatic heterocycles. The first kappa shape index (κ1) is 29.0. The molecule has 3 aliphatic heterocycles. The van der Waals surface area contributed by atoms with Crippen molar-refractivity contribution in [2.24, 2.45) is 11.7 Å². The molecule has 3 N–H and O–H groups in total. The van der Waals surface area contributed by atoms with Gasteiger partial charge < -0.3 is 20.5 Å². The summed E-state index contributed by atoms with van der Waals surface area (Å²) < 4.78 is 23.3. The number of nitriles is 1. The molecule has 7 rings (SSSR count). The van der Waals surface area contributed by atoms with Gasteiger partial charge in [-0.1, -0.05) is 35.9 Å². The van der Waals surface area contributed by atoms with Crippen LogP contribution in [0.4, 0.5) is 10.2 Å². The summed E-state index contributed by atoms with van der Waals surface area (Å²) in [5.41, 5.74) is 6.95. The van der Waals surface area contributed by atoms with E-state index in [4.69, 9.17) is 27.1 Å². The average Bonchev–Trinajstić information content (AvgIpc) is 3.69. The zero-order valence-electron chi connectivity index (χ0n) is 24.8. The van der Waals surface area contributed by atoms with Crippen LogP contribution in [0.2, 0.25) is 5.02 Å². The van der Waals surface area contributed by atoms with Crippen LogP contribution in [0.25, 0.3) is 32.8 Å². The van der Waals surface area contributed by atoms with Crippen LogP contribution in [0.3, 0.4) is 0 Å². The lowest BCUT2D eigenvalue weighted by molar-refractivity contribution is 0.108. The number of fused-ring (bicyclic) bond motifs is 3. The summed E-state index contributed by atoms with van der Waals surface area (Å²) in [7, 11) is 0. The molecule has 4 aromatic rings. The molecule has 0 amide bonds. The third-order valence-electron chi connectivity index (χ3n) is 10.2. The molecule has 3 fully saturated rings. The van der Waals surface area contributed by atoms with Crippen molar-refractivity contribution in [3.8, 4) is 29.0 Å². The second kappa shape index (κ2) is 11.3. The number of hydrogen-bond acceptors (Lipinski definition) is 8. The second-order valence-electron chi connectivity index (χ2n) is 12.6. The Kier molecular flexibility index (Phi) is 7.48. The van der Waals surface area contributed by atoms with Crippen molar-refractivity contribution >= 4 is 39.1 Å². The van der Waals surface area contributed by atoms with Gasteiger partial charge in [0.1, 0.15) is 23.7 Å². The maximum atomic E-state index is 16.9. The van der Waals surface area contributed by atoms with Crippen LogP contribution in [0.1, 0.15) is 45.4 Å². The van der Waals surface area contributed by atoms with Gasteiger partial charge in [0.2, 0.25) is 0 Å². The minimum Gasteiger partial charge on any atom is -0.508 e. The predicted octanol–water partition coefficient (Wildman–Crippen LogP) is 6.41. The van der Waals surface area contributed by atoms with Gasteiger partial charge in [0, 0.05) is 36.0 Å². The number of aromatic nitrogens is 2. The smallest absolute Gasteiger partial charge is 0.319 e. The van der Waals surface area contributed by atoms with Gasteiger partial charge in [-0.05, 0) is 92.6 Å². The number of phenolic OH excluding ortho intramolecular Hbond substituents is 1. The molecule has 44 heavy (non-hydrogen) atoms. The largest absolute Gasteiger partial charge is 0.508 e. The first-order valence-corrected chi connectivity index (χ1v) is 15.9. The molecule has 228 valence electrons. The maximum absolute atomic E-state index is 16.9. The minimum absolute atomic E-state index is 0.0128. The van der Waals surface area contributed by atoms with Gasteiger partial charge in [-0.25, -0.2) is 4.39 Å². The van der Waals surface area contributed by atoms with E-state index in [1.165, 1.54) is 6.07 Å². The van der Waals surface area contributed by atoms with E-state index >= 15 is 4.39 Å². The van der Waals surface area contributed by atoms with E-state index < -0.39 is 5.82 Å². The zero-order valence-corrected chi connectivity index (χ0v) is 25.5. The zero-order chi connectivity index (χ0) is 30.6. The van der Waals surface area contributed by atoms with E-state index in [2.05, 4.69) is 27.8 Å². The van der Waals surface area contributed by atoms with Crippen molar-refractivity contribution < 1.29 is 14.2 Å². The van der Waals surface area contributed by atoms with Crippen molar-refractivity contribution in [3.63, 3.8) is 0 Å². The lowest BCUT2D eigenvalue weighted by Crippen LogP contribution is -2.43. The highest BCUT2D eigenvalue weighted by atomic mass is 35.5. The van der Waals surface area contributed by atoms with Gasteiger partial charge >= 0.3 is 6.01 Å². The highest BCUT2D eigenvalue weighted by molar-refractivity contribution is 6.35. The molecule has 0 spiro atoms. The van der Waals surface area contributed by atoms with E-state index in [0.717, 1.165) is 56.0 Å². The molecule has 0 bridgehead atoms. The summed E-state index contributed by atoms with van der Waals surface area (Å²) in [4.78, 5) is 14.2. The third kappa shape index (κ3) is 4.71. The van der Waals surface area contributed by atoms with E-state index in [1.807, 2.05) is 24.3 Å². The number of halogens is 2. The molecule has 10 heteroatoms. The Morgan fingerprint density at radius 3 is 2.68 bits per heavy atom. The molecular formula is C34H36ClFN6O2. The Morgan fingerprint density at radius 2 is 1.93 bits per heavy atom. The van der Waals surface area contributed by atoms with E-state index in [0.29, 0.717) is 36.3 Å². The Bertz CT molecular complexity index is 1780. The van der Waals surface area contributed by atoms with Gasteiger partial charge in [-0.2, -0.15) is 15.2 Å². The van der Waals surface area contributed by atoms with Gasteiger partial charge in [0.25, 0.3) is 0 Å². The molecule has 0 aliphatic carbocycles. The molecule has 3 unspecified atom stereocenters. The van der Waals surface area contributed by atoms with Gasteiger partial charge in [-0.15, -0.1) is 0 Å². The van der Waals surface area contributed by atoms with Crippen LogP contribution in [0.5, 0.6) is 11.8 Å². The first-order chi connectivity index (χ1) is 21.3. The van der Waals surface area contributed by atoms with Crippen LogP contribution >= 0.6 is 11.6 Å². The van der Waals surface area contributed by atoms with Crippen LogP contribution in [0.15, 0.2) is 42.5 Å². The van der Waals surface area contributed by atoms with Crippen molar-refractivity contribution in [2.75, 3.05) is 31.1 Å². The Hall–Kier alpha value is -3.71. The monoisotopic (exact) mass is 614 g/mol. The maximum Gasteiger partial charge on any atom is 0.319 e. The molecule has 4 heterocycles. The van der Waals surface area contributed by atoms with Gasteiger partial charge in [0.05, 0.1) is 16.6 Å². The summed E-state index contributed by atoms with van der Waals surface area (Å²) in [5, 5.41) is 22.2. The molecular weight excluding hydrogens is 579 g/mol. The van der Waals surface area contributed by atoms with E-state index in [-0.39, 0.29) is 51.4 Å². The minimum atomic E-state index is -0.608. The lowest BCUT2D eigenvalue weighted by Gasteiger charge is -2.32. The fraction of sp³-hybridized carbons (Fsp3) is 0.441. The summed E-state index contributed by atoms with van der Waals surface area (Å²) in [5.74, 6) is 0.00104. The number of ether oxygens (including phenoxy) is 1. The predicted molar refractivity (Wildman–Crippen MR) is 171 cm³/mol. The number of anilines is 1. The number of hydrogen-bond donors (Lipinski definition) is 2. The van der Waals surface area contributed by atoms with Gasteiger partial charge in [0.15, 0.2) is 5.82 Å². The van der Waals surface area contributed by atoms with Crippen LogP contribution in [-0.4, -0.2) is 63.8 Å². The van der Waals surface area contributed by atoms with Crippen LogP contribution in [-0.2, 0) is 0 Å². The van der Waals surface area contributed by atoms with Crippen molar-refractivity contribution in [3.05, 3.63) is 53.3 Å². The quantitative estimate of drug-likeness (QED) is 0.246. The molecule has 3 aliphatic rings. The van der Waals surface area contributed by atoms with E-state index in [1.54, 1.807) is 12.1 Å². The lowest BCUT2D eigenvalue weighted by atomic mass is 9.95. The third-order valence-corrected chi connectivity index (χ3v) is 10.5. The summed E-state index contributed by atoms with van der Waals surface area (Å²) >= 11 is 6.91. The first-order valence-electron chi connectivity index (χ1n) is 15.5. The second-order valence-corrected chi connectivity index (χ2v) is 13.0. The van der Waals surface area contributed by atoms with Crippen LogP contribution < -0.4 is 15.4 Å². The molecule has 3 saturated heterocycles. The number of nitrogens with zero attached hydrogens (tertiary/aromatic N) is 5. The normalized spacial score (nSPS) is 23.0. The van der Waals surface area contributed by atoms with Gasteiger partial charge in [-0.3, -0.25) is 4.90 Å². The Labute approximate surface area is 261 Å². The van der Waals surface area contributed by atoms with Crippen molar-refractivity contribution in [1.82, 2.24) is 14.9 Å². The number of benzene rings is 3. The van der Waals surface area contributed by atoms with Crippen LogP contribution in [0, 0.1) is 23.1 Å². The number of phenols is 1. The SMILES string of the molecule is CC1C(CC#N)CC(CN)N1c1nc(OCC23CCCN2CCC3)nc2c(F)c(-c3cc(O)cc4ccccc34)c(Cl)cc12. The number of aromatic hydroxyl groups is 1. The Balaban J connectivity index is 1.41. The highest BCUT2D eigenvalue weighted by Gasteiger charge is 2.45. The van der Waals surface area contributed by atoms with E-state index in [9.17, 15) is 10.4 Å². The molecule has 0 radical (unpaired) electrons. The average molecular weight is 615 g/mol. The topological polar surface area (TPSA) is 112 Å². The fourth-order valence-corrected chi connectivity index (χ4v) is 8.29. The summed E-state index contributed by atoms with van der Waals surface area (Å²) in [6, 6.07) is 14.6. The molecule has 0 saturated carbocycles. The molecule has 3 aromatic carbocycles. The standard InChI is InChI=1S/C34H36ClFN6O2/c1-20-21(8-11-37)14-23(18-38)42(20)32-27-17-28(35)29(26-16-24(43)15-22-6-2-3-7-25(22)26)30(36)31(27)39-33(40-32)44-19-34-9-4-12-41(34)13-5-10-34/h2-3,6-7,15-17,20-21,23,43H,4-5,8-10,12-14,18-19,38H2,1H3. The fourth-order valence-electron chi connectivity index (χ4n) is 8.00. The summed E-state index contributed by atoms with van der Waals surface area (Å²) in [6.07, 6.45) is 5.49. The highest BCUT2D eigenvalue weighted by Crippen LogP contribution is 2.45. The number of nitrogens with two attached hydrogens (primary N) is 1. The molecule has 3 atom stereocenters.